The van der Waals surface area contributed by atoms with Crippen LogP contribution in [0, 0.1) is 5.82 Å². The number of benzene rings is 1. The number of aliphatic hydroxyl groups excluding tert-OH is 1. The van der Waals surface area contributed by atoms with Crippen molar-refractivity contribution >= 4 is 29.1 Å². The fourth-order valence-corrected chi connectivity index (χ4v) is 1.71. The summed E-state index contributed by atoms with van der Waals surface area (Å²) >= 11 is 11.3. The minimum Gasteiger partial charge on any atom is -0.394 e. The molecule has 2 N–H and O–H groups in total. The molecule has 3 nitrogen and oxygen atoms in total. The first-order chi connectivity index (χ1) is 7.99. The lowest BCUT2D eigenvalue weighted by molar-refractivity contribution is 0.0914. The quantitative estimate of drug-likeness (QED) is 0.833. The number of amides is 1. The van der Waals surface area contributed by atoms with Crippen molar-refractivity contribution < 1.29 is 14.3 Å². The highest BCUT2D eigenvalue weighted by molar-refractivity contribution is 6.36. The SMILES string of the molecule is CC[C@@H](CO)NC(=O)c1cc(F)c(Cl)cc1Cl. The fraction of sp³-hybridized carbons (Fsp3) is 0.364. The highest BCUT2D eigenvalue weighted by Gasteiger charge is 2.16. The predicted molar refractivity (Wildman–Crippen MR) is 65.1 cm³/mol. The number of halogens is 3. The molecule has 0 radical (unpaired) electrons. The molecule has 0 bridgehead atoms. The molecule has 1 aromatic carbocycles. The van der Waals surface area contributed by atoms with Gasteiger partial charge in [0.1, 0.15) is 5.82 Å². The van der Waals surface area contributed by atoms with E-state index >= 15 is 0 Å². The van der Waals surface area contributed by atoms with Crippen LogP contribution < -0.4 is 5.32 Å². The molecular weight excluding hydrogens is 268 g/mol. The molecular formula is C11H12Cl2FNO2. The number of rotatable bonds is 4. The molecule has 0 aliphatic rings. The zero-order valence-corrected chi connectivity index (χ0v) is 10.6. The number of hydrogen-bond acceptors (Lipinski definition) is 2. The van der Waals surface area contributed by atoms with Gasteiger partial charge in [0, 0.05) is 0 Å². The number of aliphatic hydroxyl groups is 1. The van der Waals surface area contributed by atoms with Crippen molar-refractivity contribution in [1.29, 1.82) is 0 Å². The van der Waals surface area contributed by atoms with E-state index in [1.54, 1.807) is 0 Å². The first-order valence-corrected chi connectivity index (χ1v) is 5.81. The highest BCUT2D eigenvalue weighted by Crippen LogP contribution is 2.24. The van der Waals surface area contributed by atoms with E-state index in [-0.39, 0.29) is 28.3 Å². The number of nitrogens with one attached hydrogen (secondary N) is 1. The Labute approximate surface area is 109 Å². The second-order valence-electron chi connectivity index (χ2n) is 3.51. The lowest BCUT2D eigenvalue weighted by atomic mass is 10.1. The fourth-order valence-electron chi connectivity index (χ4n) is 1.24. The zero-order chi connectivity index (χ0) is 13.0. The predicted octanol–water partition coefficient (Wildman–Crippen LogP) is 2.63. The first-order valence-electron chi connectivity index (χ1n) is 5.05. The van der Waals surface area contributed by atoms with Gasteiger partial charge in [-0.25, -0.2) is 4.39 Å². The van der Waals surface area contributed by atoms with E-state index in [1.165, 1.54) is 6.07 Å². The van der Waals surface area contributed by atoms with Crippen LogP contribution in [0.5, 0.6) is 0 Å². The maximum Gasteiger partial charge on any atom is 0.253 e. The highest BCUT2D eigenvalue weighted by atomic mass is 35.5. The van der Waals surface area contributed by atoms with Crippen molar-refractivity contribution in [1.82, 2.24) is 5.32 Å². The molecule has 17 heavy (non-hydrogen) atoms. The Morgan fingerprint density at radius 3 is 2.65 bits per heavy atom. The summed E-state index contributed by atoms with van der Waals surface area (Å²) in [4.78, 5) is 11.7. The Morgan fingerprint density at radius 1 is 1.47 bits per heavy atom. The van der Waals surface area contributed by atoms with Crippen LogP contribution in [-0.4, -0.2) is 23.7 Å². The maximum atomic E-state index is 13.2. The molecule has 1 aromatic rings. The molecule has 0 fully saturated rings. The summed E-state index contributed by atoms with van der Waals surface area (Å²) in [5.41, 5.74) is 0.000432. The minimum absolute atomic E-state index is 0.000432. The Kier molecular flexibility index (Phi) is 5.18. The average Bonchev–Trinajstić information content (AvgIpc) is 2.30. The van der Waals surface area contributed by atoms with Gasteiger partial charge in [-0.05, 0) is 18.6 Å². The van der Waals surface area contributed by atoms with E-state index in [0.29, 0.717) is 6.42 Å². The Hall–Kier alpha value is -0.840. The van der Waals surface area contributed by atoms with E-state index in [0.717, 1.165) is 6.07 Å². The van der Waals surface area contributed by atoms with Crippen LogP contribution in [0.1, 0.15) is 23.7 Å². The van der Waals surface area contributed by atoms with Crippen LogP contribution in [-0.2, 0) is 0 Å². The molecule has 1 amide bonds. The molecule has 0 unspecified atom stereocenters. The minimum atomic E-state index is -0.710. The van der Waals surface area contributed by atoms with Crippen LogP contribution in [0.2, 0.25) is 10.0 Å². The van der Waals surface area contributed by atoms with Gasteiger partial charge in [-0.3, -0.25) is 4.79 Å². The Morgan fingerprint density at radius 2 is 2.12 bits per heavy atom. The van der Waals surface area contributed by atoms with Crippen molar-refractivity contribution in [2.24, 2.45) is 0 Å². The lowest BCUT2D eigenvalue weighted by Crippen LogP contribution is -2.37. The lowest BCUT2D eigenvalue weighted by Gasteiger charge is -2.14. The van der Waals surface area contributed by atoms with E-state index < -0.39 is 11.7 Å². The van der Waals surface area contributed by atoms with Gasteiger partial charge >= 0.3 is 0 Å². The summed E-state index contributed by atoms with van der Waals surface area (Å²) in [6.07, 6.45) is 0.565. The van der Waals surface area contributed by atoms with Gasteiger partial charge < -0.3 is 10.4 Å². The van der Waals surface area contributed by atoms with Gasteiger partial charge in [0.2, 0.25) is 0 Å². The molecule has 0 aliphatic heterocycles. The van der Waals surface area contributed by atoms with E-state index in [4.69, 9.17) is 28.3 Å². The molecule has 1 atom stereocenters. The molecule has 94 valence electrons. The van der Waals surface area contributed by atoms with Crippen molar-refractivity contribution in [3.05, 3.63) is 33.6 Å². The van der Waals surface area contributed by atoms with Crippen molar-refractivity contribution in [3.63, 3.8) is 0 Å². The van der Waals surface area contributed by atoms with Crippen molar-refractivity contribution in [2.75, 3.05) is 6.61 Å². The zero-order valence-electron chi connectivity index (χ0n) is 9.14. The van der Waals surface area contributed by atoms with Crippen LogP contribution >= 0.6 is 23.2 Å². The van der Waals surface area contributed by atoms with Gasteiger partial charge in [0.15, 0.2) is 0 Å². The normalized spacial score (nSPS) is 12.3. The van der Waals surface area contributed by atoms with Gasteiger partial charge in [-0.1, -0.05) is 30.1 Å². The van der Waals surface area contributed by atoms with Crippen LogP contribution in [0.25, 0.3) is 0 Å². The van der Waals surface area contributed by atoms with E-state index in [2.05, 4.69) is 5.32 Å². The molecule has 0 saturated heterocycles. The first kappa shape index (κ1) is 14.2. The van der Waals surface area contributed by atoms with Crippen molar-refractivity contribution in [2.45, 2.75) is 19.4 Å². The second-order valence-corrected chi connectivity index (χ2v) is 4.32. The summed E-state index contributed by atoms with van der Waals surface area (Å²) < 4.78 is 13.2. The summed E-state index contributed by atoms with van der Waals surface area (Å²) in [6, 6.07) is 1.77. The van der Waals surface area contributed by atoms with Crippen LogP contribution in [0.15, 0.2) is 12.1 Å². The third-order valence-electron chi connectivity index (χ3n) is 2.30. The Bertz CT molecular complexity index is 422. The number of carbonyl (C=O) groups is 1. The van der Waals surface area contributed by atoms with Gasteiger partial charge in [-0.15, -0.1) is 0 Å². The van der Waals surface area contributed by atoms with E-state index in [9.17, 15) is 9.18 Å². The Balaban J connectivity index is 2.93. The molecule has 0 spiro atoms. The third kappa shape index (κ3) is 3.56. The molecule has 1 rings (SSSR count). The van der Waals surface area contributed by atoms with Gasteiger partial charge in [-0.2, -0.15) is 0 Å². The van der Waals surface area contributed by atoms with Gasteiger partial charge in [0.25, 0.3) is 5.91 Å². The summed E-state index contributed by atoms with van der Waals surface area (Å²) in [5, 5.41) is 11.4. The molecule has 0 saturated carbocycles. The topological polar surface area (TPSA) is 49.3 Å². The summed E-state index contributed by atoms with van der Waals surface area (Å²) in [6.45, 7) is 1.63. The van der Waals surface area contributed by atoms with E-state index in [1.807, 2.05) is 6.92 Å². The molecule has 0 heterocycles. The maximum absolute atomic E-state index is 13.2. The summed E-state index contributed by atoms with van der Waals surface area (Å²) in [5.74, 6) is -1.25. The average molecular weight is 280 g/mol. The number of carbonyl (C=O) groups excluding carboxylic acids is 1. The monoisotopic (exact) mass is 279 g/mol. The van der Waals surface area contributed by atoms with Gasteiger partial charge in [0.05, 0.1) is 28.3 Å². The smallest absolute Gasteiger partial charge is 0.253 e. The molecule has 0 aliphatic carbocycles. The number of hydrogen-bond donors (Lipinski definition) is 2. The third-order valence-corrected chi connectivity index (χ3v) is 2.91. The summed E-state index contributed by atoms with van der Waals surface area (Å²) in [7, 11) is 0. The van der Waals surface area contributed by atoms with Crippen LogP contribution in [0.3, 0.4) is 0 Å². The second kappa shape index (κ2) is 6.19. The molecule has 0 aromatic heterocycles. The van der Waals surface area contributed by atoms with Crippen LogP contribution in [0.4, 0.5) is 4.39 Å². The standard InChI is InChI=1S/C11H12Cl2FNO2/c1-2-6(5-16)15-11(17)7-3-10(14)9(13)4-8(7)12/h3-4,6,16H,2,5H2,1H3,(H,15,17)/t6-/m0/s1. The largest absolute Gasteiger partial charge is 0.394 e. The van der Waals surface area contributed by atoms with Crippen molar-refractivity contribution in [3.8, 4) is 0 Å². The molecule has 6 heteroatoms.